The van der Waals surface area contributed by atoms with Crippen molar-refractivity contribution < 1.29 is 28.3 Å². The normalized spacial score (nSPS) is 21.8. The number of nitrogens with zero attached hydrogens (tertiary/aromatic N) is 1. The van der Waals surface area contributed by atoms with Gasteiger partial charge >= 0.3 is 0 Å². The van der Waals surface area contributed by atoms with Crippen LogP contribution in [-0.4, -0.2) is 28.5 Å². The van der Waals surface area contributed by atoms with Crippen LogP contribution >= 0.6 is 0 Å². The van der Waals surface area contributed by atoms with E-state index in [0.717, 1.165) is 18.2 Å². The van der Waals surface area contributed by atoms with E-state index in [1.807, 2.05) is 0 Å². The summed E-state index contributed by atoms with van der Waals surface area (Å²) in [6.07, 6.45) is -0.575. The number of non-ortho nitro benzene ring substituents is 1. The van der Waals surface area contributed by atoms with E-state index in [1.165, 1.54) is 12.1 Å². The molecule has 1 aliphatic heterocycles. The number of aliphatic hydroxyl groups is 1. The number of nitrogens with two attached hydrogens (primary N) is 1. The van der Waals surface area contributed by atoms with Gasteiger partial charge in [0.1, 0.15) is 12.4 Å². The lowest BCUT2D eigenvalue weighted by molar-refractivity contribution is -0.385. The van der Waals surface area contributed by atoms with Gasteiger partial charge < -0.3 is 15.6 Å². The van der Waals surface area contributed by atoms with Crippen LogP contribution < -0.4 is 10.5 Å². The Bertz CT molecular complexity index is 891. The molecule has 9 heteroatoms. The van der Waals surface area contributed by atoms with Crippen LogP contribution in [0.5, 0.6) is 5.75 Å². The maximum Gasteiger partial charge on any atom is 0.277 e. The first-order valence-electron chi connectivity index (χ1n) is 8.03. The molecule has 1 heterocycles. The summed E-state index contributed by atoms with van der Waals surface area (Å²) >= 11 is 0. The number of nitro groups is 1. The number of carbonyl (C=O) groups is 1. The molecule has 1 amide bonds. The number of aliphatic hydroxyl groups excluding tert-OH is 1. The molecule has 2 aromatic carbocycles. The number of fused-ring (bicyclic) bond motifs is 1. The van der Waals surface area contributed by atoms with Crippen molar-refractivity contribution in [3.05, 3.63) is 69.8 Å². The van der Waals surface area contributed by atoms with Gasteiger partial charge in [0.2, 0.25) is 5.60 Å². The quantitative estimate of drug-likeness (QED) is 0.612. The second kappa shape index (κ2) is 6.58. The number of hydrogen-bond acceptors (Lipinski definition) is 5. The third-order valence-corrected chi connectivity index (χ3v) is 4.71. The fourth-order valence-electron chi connectivity index (χ4n) is 3.31. The molecule has 2 aromatic rings. The molecule has 0 fully saturated rings. The molecule has 7 nitrogen and oxygen atoms in total. The molecule has 142 valence electrons. The Morgan fingerprint density at radius 1 is 1.33 bits per heavy atom. The highest BCUT2D eigenvalue weighted by Gasteiger charge is 2.54. The van der Waals surface area contributed by atoms with Crippen LogP contribution in [0.3, 0.4) is 0 Å². The van der Waals surface area contributed by atoms with Gasteiger partial charge in [-0.3, -0.25) is 14.9 Å². The Morgan fingerprint density at radius 3 is 2.56 bits per heavy atom. The number of primary amides is 1. The molecule has 1 aliphatic rings. The van der Waals surface area contributed by atoms with Crippen LogP contribution in [0.15, 0.2) is 48.5 Å². The summed E-state index contributed by atoms with van der Waals surface area (Å²) in [4.78, 5) is 22.6. The molecule has 3 N–H and O–H groups in total. The van der Waals surface area contributed by atoms with Crippen LogP contribution in [0.25, 0.3) is 0 Å². The van der Waals surface area contributed by atoms with E-state index in [2.05, 4.69) is 0 Å². The molecule has 0 aromatic heterocycles. The van der Waals surface area contributed by atoms with Crippen molar-refractivity contribution in [1.29, 1.82) is 0 Å². The standard InChI is InChI=1S/C18H16F2N2O5/c19-18(20,10-23)14-9-17(16(21)24,11-4-2-1-3-5-11)27-15-7-6-12(22(25)26)8-13(14)15/h1-8,14,23H,9-10H2,(H2,21,24). The summed E-state index contributed by atoms with van der Waals surface area (Å²) in [6.45, 7) is -1.50. The van der Waals surface area contributed by atoms with Gasteiger partial charge in [0, 0.05) is 29.7 Å². The van der Waals surface area contributed by atoms with Crippen molar-refractivity contribution in [3.63, 3.8) is 0 Å². The van der Waals surface area contributed by atoms with Gasteiger partial charge in [-0.05, 0) is 6.07 Å². The number of halogens is 2. The predicted molar refractivity (Wildman–Crippen MR) is 90.4 cm³/mol. The molecular weight excluding hydrogens is 362 g/mol. The van der Waals surface area contributed by atoms with E-state index in [-0.39, 0.29) is 16.9 Å². The second-order valence-electron chi connectivity index (χ2n) is 6.31. The van der Waals surface area contributed by atoms with Gasteiger partial charge in [0.15, 0.2) is 0 Å². The Kier molecular flexibility index (Phi) is 4.56. The van der Waals surface area contributed by atoms with Crippen LogP contribution in [0, 0.1) is 10.1 Å². The van der Waals surface area contributed by atoms with Crippen molar-refractivity contribution in [1.82, 2.24) is 0 Å². The third kappa shape index (κ3) is 3.10. The third-order valence-electron chi connectivity index (χ3n) is 4.71. The number of rotatable bonds is 5. The van der Waals surface area contributed by atoms with Crippen molar-refractivity contribution in [2.24, 2.45) is 5.73 Å². The van der Waals surface area contributed by atoms with E-state index in [0.29, 0.717) is 0 Å². The monoisotopic (exact) mass is 378 g/mol. The number of amides is 1. The first-order chi connectivity index (χ1) is 12.7. The molecule has 2 atom stereocenters. The van der Waals surface area contributed by atoms with Crippen LogP contribution in [-0.2, 0) is 10.4 Å². The fourth-order valence-corrected chi connectivity index (χ4v) is 3.31. The highest BCUT2D eigenvalue weighted by atomic mass is 19.3. The molecule has 2 unspecified atom stereocenters. The highest BCUT2D eigenvalue weighted by molar-refractivity contribution is 5.86. The van der Waals surface area contributed by atoms with Crippen molar-refractivity contribution in [2.75, 3.05) is 6.61 Å². The summed E-state index contributed by atoms with van der Waals surface area (Å²) in [5, 5.41) is 20.2. The lowest BCUT2D eigenvalue weighted by Gasteiger charge is -2.42. The Hall–Kier alpha value is -3.07. The van der Waals surface area contributed by atoms with Gasteiger partial charge in [-0.15, -0.1) is 0 Å². The van der Waals surface area contributed by atoms with Crippen LogP contribution in [0.1, 0.15) is 23.5 Å². The zero-order valence-electron chi connectivity index (χ0n) is 14.0. The van der Waals surface area contributed by atoms with E-state index in [4.69, 9.17) is 10.5 Å². The number of ether oxygens (including phenoxy) is 1. The average molecular weight is 378 g/mol. The topological polar surface area (TPSA) is 116 Å². The molecule has 0 radical (unpaired) electrons. The number of carbonyl (C=O) groups excluding carboxylic acids is 1. The van der Waals surface area contributed by atoms with Gasteiger partial charge in [0.05, 0.1) is 10.8 Å². The van der Waals surface area contributed by atoms with Crippen molar-refractivity contribution in [2.45, 2.75) is 23.9 Å². The lowest BCUT2D eigenvalue weighted by atomic mass is 9.75. The highest BCUT2D eigenvalue weighted by Crippen LogP contribution is 2.51. The Balaban J connectivity index is 2.23. The number of benzene rings is 2. The SMILES string of the molecule is NC(=O)C1(c2ccccc2)CC(C(F)(F)CO)c2cc([N+](=O)[O-])ccc2O1. The number of nitro benzene ring substituents is 1. The zero-order valence-corrected chi connectivity index (χ0v) is 14.0. The number of alkyl halides is 2. The van der Waals surface area contributed by atoms with Crippen molar-refractivity contribution in [3.8, 4) is 5.75 Å². The van der Waals surface area contributed by atoms with Gasteiger partial charge in [-0.25, -0.2) is 8.78 Å². The molecule has 3 rings (SSSR count). The first-order valence-corrected chi connectivity index (χ1v) is 8.03. The molecule has 0 aliphatic carbocycles. The molecule has 27 heavy (non-hydrogen) atoms. The minimum absolute atomic E-state index is 0.118. The zero-order chi connectivity index (χ0) is 19.8. The summed E-state index contributed by atoms with van der Waals surface area (Å²) < 4.78 is 34.8. The first kappa shape index (κ1) is 18.7. The minimum atomic E-state index is -3.65. The largest absolute Gasteiger partial charge is 0.472 e. The van der Waals surface area contributed by atoms with Crippen LogP contribution in [0.2, 0.25) is 0 Å². The van der Waals surface area contributed by atoms with E-state index >= 15 is 0 Å². The number of hydrogen-bond donors (Lipinski definition) is 2. The average Bonchev–Trinajstić information content (AvgIpc) is 2.67. The molecule has 0 bridgehead atoms. The second-order valence-corrected chi connectivity index (χ2v) is 6.31. The van der Waals surface area contributed by atoms with E-state index < -0.39 is 47.0 Å². The fraction of sp³-hybridized carbons (Fsp3) is 0.278. The molecule has 0 saturated carbocycles. The van der Waals surface area contributed by atoms with Crippen LogP contribution in [0.4, 0.5) is 14.5 Å². The smallest absolute Gasteiger partial charge is 0.277 e. The summed E-state index contributed by atoms with van der Waals surface area (Å²) in [5.74, 6) is -6.45. The maximum absolute atomic E-state index is 14.5. The molecular formula is C18H16F2N2O5. The molecule has 0 saturated heterocycles. The summed E-state index contributed by atoms with van der Waals surface area (Å²) in [7, 11) is 0. The van der Waals surface area contributed by atoms with Gasteiger partial charge in [-0.2, -0.15) is 0 Å². The minimum Gasteiger partial charge on any atom is -0.472 e. The summed E-state index contributed by atoms with van der Waals surface area (Å²) in [5.41, 5.74) is 3.36. The summed E-state index contributed by atoms with van der Waals surface area (Å²) in [6, 6.07) is 11.2. The molecule has 0 spiro atoms. The Labute approximate surface area is 152 Å². The lowest BCUT2D eigenvalue weighted by Crippen LogP contribution is -2.52. The predicted octanol–water partition coefficient (Wildman–Crippen LogP) is 2.47. The van der Waals surface area contributed by atoms with Crippen molar-refractivity contribution >= 4 is 11.6 Å². The van der Waals surface area contributed by atoms with Gasteiger partial charge in [-0.1, -0.05) is 30.3 Å². The Morgan fingerprint density at radius 2 is 2.00 bits per heavy atom. The van der Waals surface area contributed by atoms with Gasteiger partial charge in [0.25, 0.3) is 17.5 Å². The maximum atomic E-state index is 14.5. The van der Waals surface area contributed by atoms with E-state index in [1.54, 1.807) is 18.2 Å². The van der Waals surface area contributed by atoms with E-state index in [9.17, 15) is 28.8 Å².